The summed E-state index contributed by atoms with van der Waals surface area (Å²) in [6.07, 6.45) is 7.04. The van der Waals surface area contributed by atoms with Gasteiger partial charge in [0.2, 0.25) is 0 Å². The predicted octanol–water partition coefficient (Wildman–Crippen LogP) is 1.05. The molecule has 2 aliphatic heterocycles. The summed E-state index contributed by atoms with van der Waals surface area (Å²) in [6, 6.07) is 3.50. The molecule has 0 bridgehead atoms. The van der Waals surface area contributed by atoms with Crippen LogP contribution >= 0.6 is 12.2 Å². The number of pyridine rings is 1. The summed E-state index contributed by atoms with van der Waals surface area (Å²) in [4.78, 5) is 41.2. The molecule has 1 fully saturated rings. The van der Waals surface area contributed by atoms with Crippen molar-refractivity contribution in [1.82, 2.24) is 15.2 Å². The standard InChI is InChI=1S/C16H11N3O4S/c1-9-5-13(20)11(15(22)23-9)8-19-14(21)12(18-16(19)24)6-10-3-2-4-17-7-10/h2-8H,1H3,(H,18,24)/b11-8-,12-6-. The second kappa shape index (κ2) is 6.17. The number of aromatic nitrogens is 1. The number of nitrogens with zero attached hydrogens (tertiary/aromatic N) is 2. The summed E-state index contributed by atoms with van der Waals surface area (Å²) in [5, 5.41) is 2.81. The summed E-state index contributed by atoms with van der Waals surface area (Å²) in [5.74, 6) is -1.64. The van der Waals surface area contributed by atoms with Crippen molar-refractivity contribution in [2.75, 3.05) is 0 Å². The van der Waals surface area contributed by atoms with Gasteiger partial charge in [-0.05, 0) is 36.8 Å². The fourth-order valence-corrected chi connectivity index (χ4v) is 2.38. The van der Waals surface area contributed by atoms with Crippen LogP contribution < -0.4 is 5.32 Å². The molecule has 0 atom stereocenters. The van der Waals surface area contributed by atoms with Gasteiger partial charge in [-0.15, -0.1) is 0 Å². The van der Waals surface area contributed by atoms with Gasteiger partial charge < -0.3 is 10.1 Å². The molecule has 7 nitrogen and oxygen atoms in total. The summed E-state index contributed by atoms with van der Waals surface area (Å²) in [5.41, 5.74) is 0.659. The number of hydrogen-bond acceptors (Lipinski definition) is 6. The number of ether oxygens (including phenoxy) is 1. The van der Waals surface area contributed by atoms with E-state index < -0.39 is 17.7 Å². The third kappa shape index (κ3) is 2.99. The van der Waals surface area contributed by atoms with Crippen LogP contribution in [0.2, 0.25) is 0 Å². The molecule has 8 heteroatoms. The summed E-state index contributed by atoms with van der Waals surface area (Å²) in [6.45, 7) is 1.49. The van der Waals surface area contributed by atoms with Crippen molar-refractivity contribution in [3.8, 4) is 0 Å². The molecule has 3 rings (SSSR count). The Morgan fingerprint density at radius 2 is 2.12 bits per heavy atom. The van der Waals surface area contributed by atoms with Crippen molar-refractivity contribution in [1.29, 1.82) is 0 Å². The molecule has 1 N–H and O–H groups in total. The summed E-state index contributed by atoms with van der Waals surface area (Å²) >= 11 is 5.09. The quantitative estimate of drug-likeness (QED) is 0.372. The van der Waals surface area contributed by atoms with Crippen LogP contribution in [0.4, 0.5) is 0 Å². The number of nitrogens with one attached hydrogen (secondary N) is 1. The largest absolute Gasteiger partial charge is 0.427 e. The van der Waals surface area contributed by atoms with Crippen LogP contribution in [0.25, 0.3) is 6.08 Å². The number of ketones is 1. The lowest BCUT2D eigenvalue weighted by molar-refractivity contribution is -0.137. The lowest BCUT2D eigenvalue weighted by Crippen LogP contribution is -2.29. The molecule has 24 heavy (non-hydrogen) atoms. The van der Waals surface area contributed by atoms with Gasteiger partial charge in [0.05, 0.1) is 0 Å². The van der Waals surface area contributed by atoms with Crippen molar-refractivity contribution < 1.29 is 19.1 Å². The highest BCUT2D eigenvalue weighted by atomic mass is 32.1. The van der Waals surface area contributed by atoms with Crippen molar-refractivity contribution in [2.24, 2.45) is 0 Å². The molecule has 0 spiro atoms. The number of carbonyl (C=O) groups is 3. The van der Waals surface area contributed by atoms with Gasteiger partial charge in [-0.3, -0.25) is 19.5 Å². The predicted molar refractivity (Wildman–Crippen MR) is 87.7 cm³/mol. The number of amides is 1. The van der Waals surface area contributed by atoms with Crippen molar-refractivity contribution in [2.45, 2.75) is 6.92 Å². The Hall–Kier alpha value is -3.13. The molecule has 0 aliphatic carbocycles. The highest BCUT2D eigenvalue weighted by molar-refractivity contribution is 7.80. The number of thiocarbonyl (C=S) groups is 1. The Labute approximate surface area is 142 Å². The Morgan fingerprint density at radius 1 is 1.33 bits per heavy atom. The Bertz CT molecular complexity index is 855. The average Bonchev–Trinajstić information content (AvgIpc) is 2.78. The number of esters is 1. The van der Waals surface area contributed by atoms with E-state index in [9.17, 15) is 14.4 Å². The molecular formula is C16H11N3O4S. The number of hydrogen-bond donors (Lipinski definition) is 1. The molecular weight excluding hydrogens is 330 g/mol. The van der Waals surface area contributed by atoms with E-state index in [0.29, 0.717) is 5.56 Å². The maximum atomic E-state index is 12.4. The highest BCUT2D eigenvalue weighted by Crippen LogP contribution is 2.19. The maximum absolute atomic E-state index is 12.4. The fraction of sp³-hybridized carbons (Fsp3) is 0.0625. The third-order valence-corrected chi connectivity index (χ3v) is 3.54. The molecule has 2 aliphatic rings. The number of carbonyl (C=O) groups excluding carboxylic acids is 3. The number of cyclic esters (lactones) is 1. The highest BCUT2D eigenvalue weighted by Gasteiger charge is 2.33. The van der Waals surface area contributed by atoms with E-state index in [-0.39, 0.29) is 22.1 Å². The average molecular weight is 341 g/mol. The van der Waals surface area contributed by atoms with Crippen LogP contribution in [0.5, 0.6) is 0 Å². The van der Waals surface area contributed by atoms with Gasteiger partial charge in [0.1, 0.15) is 17.0 Å². The second-order valence-corrected chi connectivity index (χ2v) is 5.39. The number of allylic oxidation sites excluding steroid dienone is 2. The van der Waals surface area contributed by atoms with Crippen LogP contribution in [0.1, 0.15) is 12.5 Å². The van der Waals surface area contributed by atoms with Crippen molar-refractivity contribution in [3.63, 3.8) is 0 Å². The van der Waals surface area contributed by atoms with E-state index in [1.54, 1.807) is 30.6 Å². The van der Waals surface area contributed by atoms with Gasteiger partial charge in [-0.2, -0.15) is 0 Å². The molecule has 0 radical (unpaired) electrons. The molecule has 0 saturated carbocycles. The van der Waals surface area contributed by atoms with Gasteiger partial charge in [-0.1, -0.05) is 6.07 Å². The van der Waals surface area contributed by atoms with Gasteiger partial charge >= 0.3 is 5.97 Å². The van der Waals surface area contributed by atoms with Gasteiger partial charge in [-0.25, -0.2) is 4.79 Å². The molecule has 0 aromatic carbocycles. The summed E-state index contributed by atoms with van der Waals surface area (Å²) in [7, 11) is 0. The lowest BCUT2D eigenvalue weighted by Gasteiger charge is -2.14. The first-order valence-corrected chi connectivity index (χ1v) is 7.29. The smallest absolute Gasteiger partial charge is 0.348 e. The maximum Gasteiger partial charge on any atom is 0.348 e. The van der Waals surface area contributed by atoms with E-state index in [2.05, 4.69) is 10.3 Å². The fourth-order valence-electron chi connectivity index (χ4n) is 2.13. The Balaban J connectivity index is 1.91. The van der Waals surface area contributed by atoms with E-state index >= 15 is 0 Å². The van der Waals surface area contributed by atoms with Gasteiger partial charge in [0.15, 0.2) is 10.9 Å². The van der Waals surface area contributed by atoms with Crippen LogP contribution in [0.3, 0.4) is 0 Å². The van der Waals surface area contributed by atoms with Gasteiger partial charge in [0.25, 0.3) is 5.91 Å². The van der Waals surface area contributed by atoms with E-state index in [1.807, 2.05) is 0 Å². The van der Waals surface area contributed by atoms with Crippen LogP contribution in [0, 0.1) is 0 Å². The molecule has 1 aromatic heterocycles. The van der Waals surface area contributed by atoms with E-state index in [4.69, 9.17) is 17.0 Å². The first-order chi connectivity index (χ1) is 11.5. The number of rotatable bonds is 2. The molecule has 1 saturated heterocycles. The zero-order valence-corrected chi connectivity index (χ0v) is 13.3. The normalized spacial score (nSPS) is 21.2. The van der Waals surface area contributed by atoms with Crippen LogP contribution in [-0.4, -0.2) is 32.7 Å². The zero-order chi connectivity index (χ0) is 17.3. The lowest BCUT2D eigenvalue weighted by atomic mass is 10.1. The van der Waals surface area contributed by atoms with Crippen molar-refractivity contribution >= 4 is 41.1 Å². The minimum absolute atomic E-state index is 0.0644. The second-order valence-electron chi connectivity index (χ2n) is 5.00. The Morgan fingerprint density at radius 3 is 2.79 bits per heavy atom. The first-order valence-electron chi connectivity index (χ1n) is 6.88. The Kier molecular flexibility index (Phi) is 4.05. The molecule has 120 valence electrons. The van der Waals surface area contributed by atoms with Crippen molar-refractivity contribution in [3.05, 3.63) is 59.4 Å². The third-order valence-electron chi connectivity index (χ3n) is 3.24. The molecule has 1 aromatic rings. The monoisotopic (exact) mass is 341 g/mol. The first kappa shape index (κ1) is 15.8. The van der Waals surface area contributed by atoms with E-state index in [1.165, 1.54) is 13.0 Å². The summed E-state index contributed by atoms with van der Waals surface area (Å²) < 4.78 is 4.88. The topological polar surface area (TPSA) is 88.6 Å². The molecule has 1 amide bonds. The zero-order valence-electron chi connectivity index (χ0n) is 12.5. The molecule has 3 heterocycles. The SMILES string of the molecule is CC1=CC(=O)/C(=C/N2C(=O)/C(=C/c3cccnc3)NC2=S)C(=O)O1. The van der Waals surface area contributed by atoms with E-state index in [0.717, 1.165) is 11.1 Å². The minimum atomic E-state index is -0.819. The molecule has 0 unspecified atom stereocenters. The van der Waals surface area contributed by atoms with Gasteiger partial charge in [0, 0.05) is 24.7 Å². The van der Waals surface area contributed by atoms with Crippen LogP contribution in [-0.2, 0) is 19.1 Å². The van der Waals surface area contributed by atoms with Crippen LogP contribution in [0.15, 0.2) is 53.8 Å². The minimum Gasteiger partial charge on any atom is -0.427 e.